The minimum Gasteiger partial charge on any atom is -0.488 e. The number of hydrogen-bond donors (Lipinski definition) is 1. The summed E-state index contributed by atoms with van der Waals surface area (Å²) >= 11 is 0. The molecule has 2 rings (SSSR count). The molecule has 0 spiro atoms. The molecular formula is C12H12N2O2. The lowest BCUT2D eigenvalue weighted by Crippen LogP contribution is -2.06. The molecule has 0 amide bonds. The maximum atomic E-state index is 8.93. The standard InChI is InChI=1S/C12H12N2O2/c13-6-3-7-15-12-9-4-1-2-5-10(9)16-11(12)8-14/h1-2,4-5H,3,6-7,13H2. The first kappa shape index (κ1) is 10.5. The van der Waals surface area contributed by atoms with E-state index in [0.29, 0.717) is 24.5 Å². The predicted octanol–water partition coefficient (Wildman–Crippen LogP) is 2.03. The summed E-state index contributed by atoms with van der Waals surface area (Å²) < 4.78 is 10.9. The van der Waals surface area contributed by atoms with Crippen LogP contribution in [0.15, 0.2) is 28.7 Å². The Morgan fingerprint density at radius 2 is 2.19 bits per heavy atom. The first-order valence-electron chi connectivity index (χ1n) is 5.11. The van der Waals surface area contributed by atoms with Gasteiger partial charge in [0.15, 0.2) is 5.75 Å². The fourth-order valence-electron chi connectivity index (χ4n) is 1.50. The van der Waals surface area contributed by atoms with Gasteiger partial charge in [0.1, 0.15) is 11.7 Å². The first-order valence-corrected chi connectivity index (χ1v) is 5.11. The highest BCUT2D eigenvalue weighted by Gasteiger charge is 2.14. The zero-order valence-electron chi connectivity index (χ0n) is 8.77. The van der Waals surface area contributed by atoms with Crippen LogP contribution in [0.4, 0.5) is 0 Å². The van der Waals surface area contributed by atoms with E-state index in [0.717, 1.165) is 11.8 Å². The number of para-hydroxylation sites is 1. The molecule has 0 radical (unpaired) electrons. The van der Waals surface area contributed by atoms with Crippen molar-refractivity contribution in [3.8, 4) is 11.8 Å². The summed E-state index contributed by atoms with van der Waals surface area (Å²) in [4.78, 5) is 0. The van der Waals surface area contributed by atoms with E-state index in [1.807, 2.05) is 30.3 Å². The Hall–Kier alpha value is -1.99. The number of hydrogen-bond acceptors (Lipinski definition) is 4. The van der Waals surface area contributed by atoms with Gasteiger partial charge in [0.05, 0.1) is 12.0 Å². The summed E-state index contributed by atoms with van der Waals surface area (Å²) in [6.07, 6.45) is 0.754. The number of nitrogens with two attached hydrogens (primary N) is 1. The average molecular weight is 216 g/mol. The molecule has 0 fully saturated rings. The van der Waals surface area contributed by atoms with Gasteiger partial charge in [0, 0.05) is 0 Å². The molecule has 16 heavy (non-hydrogen) atoms. The van der Waals surface area contributed by atoms with Crippen LogP contribution in [0.5, 0.6) is 5.75 Å². The van der Waals surface area contributed by atoms with Crippen molar-refractivity contribution in [2.75, 3.05) is 13.2 Å². The van der Waals surface area contributed by atoms with E-state index in [1.54, 1.807) is 0 Å². The van der Waals surface area contributed by atoms with Crippen molar-refractivity contribution in [2.45, 2.75) is 6.42 Å². The highest BCUT2D eigenvalue weighted by Crippen LogP contribution is 2.32. The lowest BCUT2D eigenvalue weighted by molar-refractivity contribution is 0.311. The number of nitrogens with zero attached hydrogens (tertiary/aromatic N) is 1. The van der Waals surface area contributed by atoms with Crippen LogP contribution in [0, 0.1) is 11.3 Å². The van der Waals surface area contributed by atoms with Crippen molar-refractivity contribution in [2.24, 2.45) is 5.73 Å². The highest BCUT2D eigenvalue weighted by atomic mass is 16.5. The number of fused-ring (bicyclic) bond motifs is 1. The van der Waals surface area contributed by atoms with Crippen molar-refractivity contribution < 1.29 is 9.15 Å². The molecule has 1 heterocycles. The third kappa shape index (κ3) is 1.86. The highest BCUT2D eigenvalue weighted by molar-refractivity contribution is 5.86. The molecule has 4 heteroatoms. The molecule has 2 aromatic rings. The maximum Gasteiger partial charge on any atom is 0.246 e. The fraction of sp³-hybridized carbons (Fsp3) is 0.250. The van der Waals surface area contributed by atoms with Crippen LogP contribution in [0.3, 0.4) is 0 Å². The molecule has 0 saturated heterocycles. The molecule has 0 saturated carbocycles. The van der Waals surface area contributed by atoms with Crippen LogP contribution < -0.4 is 10.5 Å². The Morgan fingerprint density at radius 1 is 1.38 bits per heavy atom. The van der Waals surface area contributed by atoms with E-state index < -0.39 is 0 Å². The molecule has 0 aliphatic rings. The Kier molecular flexibility index (Phi) is 3.08. The van der Waals surface area contributed by atoms with E-state index in [-0.39, 0.29) is 5.76 Å². The molecule has 82 valence electrons. The van der Waals surface area contributed by atoms with Gasteiger partial charge in [-0.1, -0.05) is 12.1 Å². The second-order valence-corrected chi connectivity index (χ2v) is 3.36. The Balaban J connectivity index is 2.37. The van der Waals surface area contributed by atoms with Crippen LogP contribution in [-0.4, -0.2) is 13.2 Å². The van der Waals surface area contributed by atoms with Crippen molar-refractivity contribution in [3.05, 3.63) is 30.0 Å². The third-order valence-corrected chi connectivity index (χ3v) is 2.25. The predicted molar refractivity (Wildman–Crippen MR) is 60.1 cm³/mol. The van der Waals surface area contributed by atoms with Crippen molar-refractivity contribution >= 4 is 11.0 Å². The second-order valence-electron chi connectivity index (χ2n) is 3.36. The molecule has 0 aliphatic carbocycles. The summed E-state index contributed by atoms with van der Waals surface area (Å²) in [5.41, 5.74) is 6.05. The molecule has 4 nitrogen and oxygen atoms in total. The van der Waals surface area contributed by atoms with E-state index >= 15 is 0 Å². The van der Waals surface area contributed by atoms with Crippen LogP contribution in [-0.2, 0) is 0 Å². The zero-order valence-corrected chi connectivity index (χ0v) is 8.77. The summed E-state index contributed by atoms with van der Waals surface area (Å²) in [5.74, 6) is 0.741. The van der Waals surface area contributed by atoms with Gasteiger partial charge in [-0.2, -0.15) is 5.26 Å². The lowest BCUT2D eigenvalue weighted by Gasteiger charge is -2.02. The van der Waals surface area contributed by atoms with Gasteiger partial charge < -0.3 is 14.9 Å². The van der Waals surface area contributed by atoms with Gasteiger partial charge >= 0.3 is 0 Å². The Morgan fingerprint density at radius 3 is 2.94 bits per heavy atom. The number of furan rings is 1. The second kappa shape index (κ2) is 4.69. The molecule has 2 N–H and O–H groups in total. The van der Waals surface area contributed by atoms with Crippen LogP contribution in [0.1, 0.15) is 12.2 Å². The third-order valence-electron chi connectivity index (χ3n) is 2.25. The van der Waals surface area contributed by atoms with Crippen molar-refractivity contribution in [1.29, 1.82) is 5.26 Å². The molecule has 0 atom stereocenters. The molecule has 1 aromatic heterocycles. The normalized spacial score (nSPS) is 10.2. The topological polar surface area (TPSA) is 72.2 Å². The van der Waals surface area contributed by atoms with Crippen molar-refractivity contribution in [3.63, 3.8) is 0 Å². The minimum absolute atomic E-state index is 0.221. The number of rotatable bonds is 4. The van der Waals surface area contributed by atoms with Crippen molar-refractivity contribution in [1.82, 2.24) is 0 Å². The van der Waals surface area contributed by atoms with Crippen LogP contribution >= 0.6 is 0 Å². The number of benzene rings is 1. The van der Waals surface area contributed by atoms with E-state index in [1.165, 1.54) is 0 Å². The molecular weight excluding hydrogens is 204 g/mol. The van der Waals surface area contributed by atoms with Gasteiger partial charge in [-0.05, 0) is 25.1 Å². The molecule has 0 unspecified atom stereocenters. The van der Waals surface area contributed by atoms with Gasteiger partial charge in [-0.3, -0.25) is 0 Å². The van der Waals surface area contributed by atoms with E-state index in [9.17, 15) is 0 Å². The van der Waals surface area contributed by atoms with Gasteiger partial charge in [-0.25, -0.2) is 0 Å². The monoisotopic (exact) mass is 216 g/mol. The molecule has 1 aromatic carbocycles. The maximum absolute atomic E-state index is 8.93. The van der Waals surface area contributed by atoms with Gasteiger partial charge in [-0.15, -0.1) is 0 Å². The molecule has 0 aliphatic heterocycles. The lowest BCUT2D eigenvalue weighted by atomic mass is 10.2. The summed E-state index contributed by atoms with van der Waals surface area (Å²) in [7, 11) is 0. The van der Waals surface area contributed by atoms with Crippen LogP contribution in [0.25, 0.3) is 11.0 Å². The summed E-state index contributed by atoms with van der Waals surface area (Å²) in [5, 5.41) is 9.76. The summed E-state index contributed by atoms with van der Waals surface area (Å²) in [6, 6.07) is 9.41. The fourth-order valence-corrected chi connectivity index (χ4v) is 1.50. The number of nitriles is 1. The van der Waals surface area contributed by atoms with E-state index in [2.05, 4.69) is 0 Å². The average Bonchev–Trinajstić information content (AvgIpc) is 2.68. The smallest absolute Gasteiger partial charge is 0.246 e. The summed E-state index contributed by atoms with van der Waals surface area (Å²) in [6.45, 7) is 1.06. The van der Waals surface area contributed by atoms with Gasteiger partial charge in [0.2, 0.25) is 5.76 Å². The first-order chi connectivity index (χ1) is 7.86. The SMILES string of the molecule is N#Cc1oc2ccccc2c1OCCCN. The van der Waals surface area contributed by atoms with Gasteiger partial charge in [0.25, 0.3) is 0 Å². The number of ether oxygens (including phenoxy) is 1. The largest absolute Gasteiger partial charge is 0.488 e. The molecule has 0 bridgehead atoms. The quantitative estimate of drug-likeness (QED) is 0.793. The Labute approximate surface area is 93.2 Å². The van der Waals surface area contributed by atoms with Crippen LogP contribution in [0.2, 0.25) is 0 Å². The zero-order chi connectivity index (χ0) is 11.4. The Bertz CT molecular complexity index is 525. The van der Waals surface area contributed by atoms with E-state index in [4.69, 9.17) is 20.1 Å². The minimum atomic E-state index is 0.221.